The van der Waals surface area contributed by atoms with Crippen molar-refractivity contribution in [1.29, 1.82) is 0 Å². The molecule has 4 aromatic rings. The predicted molar refractivity (Wildman–Crippen MR) is 225 cm³/mol. The van der Waals surface area contributed by atoms with Gasteiger partial charge in [-0.15, -0.1) is 22.7 Å². The van der Waals surface area contributed by atoms with E-state index in [2.05, 4.69) is 5.32 Å². The first-order chi connectivity index (χ1) is 28.4. The van der Waals surface area contributed by atoms with Crippen LogP contribution in [0.2, 0.25) is 8.67 Å². The number of morpholine rings is 2. The quantitative estimate of drug-likeness (QED) is 0.198. The Morgan fingerprint density at radius 2 is 1.07 bits per heavy atom. The molecule has 0 aliphatic carbocycles. The summed E-state index contributed by atoms with van der Waals surface area (Å²) in [6.07, 6.45) is -1.58. The van der Waals surface area contributed by atoms with Gasteiger partial charge in [0.1, 0.15) is 25.4 Å². The van der Waals surface area contributed by atoms with Crippen molar-refractivity contribution in [2.24, 2.45) is 5.73 Å². The fourth-order valence-electron chi connectivity index (χ4n) is 6.05. The van der Waals surface area contributed by atoms with Gasteiger partial charge in [0.15, 0.2) is 0 Å². The van der Waals surface area contributed by atoms with Gasteiger partial charge in [-0.1, -0.05) is 23.2 Å². The van der Waals surface area contributed by atoms with Gasteiger partial charge in [-0.05, 0) is 84.4 Å². The van der Waals surface area contributed by atoms with E-state index in [4.69, 9.17) is 59.5 Å². The second kappa shape index (κ2) is 20.5. The highest BCUT2D eigenvalue weighted by Gasteiger charge is 2.34. The molecule has 312 valence electrons. The van der Waals surface area contributed by atoms with E-state index >= 15 is 0 Å². The minimum atomic E-state index is -0.474. The summed E-state index contributed by atoms with van der Waals surface area (Å²) in [7, 11) is 0. The number of nitrogens with one attached hydrogen (secondary N) is 1. The van der Waals surface area contributed by atoms with Crippen LogP contribution in [-0.2, 0) is 28.5 Å². The lowest BCUT2D eigenvalue weighted by molar-refractivity contribution is -0.126. The smallest absolute Gasteiger partial charge is 0.414 e. The number of ether oxygens (including phenoxy) is 4. The Morgan fingerprint density at radius 1 is 0.644 bits per heavy atom. The van der Waals surface area contributed by atoms with Crippen molar-refractivity contribution in [1.82, 2.24) is 5.32 Å². The summed E-state index contributed by atoms with van der Waals surface area (Å²) in [5, 5.41) is 2.30. The topological polar surface area (TPSA) is 190 Å². The highest BCUT2D eigenvalue weighted by Crippen LogP contribution is 2.28. The van der Waals surface area contributed by atoms with Crippen molar-refractivity contribution in [2.75, 3.05) is 85.3 Å². The molecule has 0 radical (unpaired) electrons. The van der Waals surface area contributed by atoms with Gasteiger partial charge in [-0.25, -0.2) is 9.59 Å². The first-order valence-electron chi connectivity index (χ1n) is 18.0. The fourth-order valence-corrected chi connectivity index (χ4v) is 8.06. The zero-order valence-electron chi connectivity index (χ0n) is 31.1. The lowest BCUT2D eigenvalue weighted by atomic mass is 10.2. The van der Waals surface area contributed by atoms with Crippen molar-refractivity contribution in [3.05, 3.63) is 91.2 Å². The van der Waals surface area contributed by atoms with Gasteiger partial charge in [0, 0.05) is 42.4 Å². The first-order valence-corrected chi connectivity index (χ1v) is 20.8. The third-order valence-corrected chi connectivity index (χ3v) is 11.8. The Hall–Kier alpha value is -4.79. The summed E-state index contributed by atoms with van der Waals surface area (Å²) < 4.78 is 21.8. The molecule has 8 rings (SSSR count). The number of hydrogen-bond donors (Lipinski definition) is 2. The molecule has 3 N–H and O–H groups in total. The van der Waals surface area contributed by atoms with Crippen molar-refractivity contribution in [3.63, 3.8) is 0 Å². The Morgan fingerprint density at radius 3 is 1.44 bits per heavy atom. The molecule has 2 aromatic carbocycles. The van der Waals surface area contributed by atoms with Gasteiger partial charge >= 0.3 is 12.2 Å². The highest BCUT2D eigenvalue weighted by atomic mass is 35.5. The highest BCUT2D eigenvalue weighted by molar-refractivity contribution is 7.19. The number of amides is 5. The van der Waals surface area contributed by atoms with Gasteiger partial charge in [-0.2, -0.15) is 0 Å². The Labute approximate surface area is 361 Å². The maximum atomic E-state index is 12.2. The molecule has 4 aliphatic rings. The molecule has 21 heteroatoms. The maximum Gasteiger partial charge on any atom is 0.414 e. The molecule has 4 fully saturated rings. The number of thiophene rings is 2. The second-order valence-corrected chi connectivity index (χ2v) is 16.7. The third kappa shape index (κ3) is 11.5. The third-order valence-electron chi connectivity index (χ3n) is 8.98. The van der Waals surface area contributed by atoms with Crippen LogP contribution in [0.1, 0.15) is 19.3 Å². The molecule has 4 saturated heterocycles. The molecule has 6 heterocycles. The monoisotopic (exact) mass is 906 g/mol. The van der Waals surface area contributed by atoms with Crippen LogP contribution >= 0.6 is 57.5 Å². The van der Waals surface area contributed by atoms with Crippen LogP contribution in [0.4, 0.5) is 32.3 Å². The molecular formula is C38H37Cl3N6O10S2. The van der Waals surface area contributed by atoms with Gasteiger partial charge in [0.05, 0.1) is 51.3 Å². The Bertz CT molecular complexity index is 2160. The molecule has 59 heavy (non-hydrogen) atoms. The van der Waals surface area contributed by atoms with Crippen molar-refractivity contribution in [2.45, 2.75) is 12.2 Å². The van der Waals surface area contributed by atoms with Gasteiger partial charge < -0.3 is 39.8 Å². The average Bonchev–Trinajstić information content (AvgIpc) is 4.05. The molecule has 0 spiro atoms. The summed E-state index contributed by atoms with van der Waals surface area (Å²) in [5.74, 6) is -0.402. The zero-order chi connectivity index (χ0) is 42.1. The molecule has 0 bridgehead atoms. The summed E-state index contributed by atoms with van der Waals surface area (Å²) in [6.45, 7) is 3.54. The number of carbonyl (C=O) groups is 6. The summed E-state index contributed by atoms with van der Waals surface area (Å²) >= 11 is 18.9. The number of anilines is 4. The van der Waals surface area contributed by atoms with Crippen molar-refractivity contribution in [3.8, 4) is 0 Å². The Kier molecular flexibility index (Phi) is 15.2. The number of cyclic esters (lactones) is 2. The normalized spacial score (nSPS) is 19.1. The van der Waals surface area contributed by atoms with E-state index in [1.54, 1.807) is 75.4 Å². The van der Waals surface area contributed by atoms with E-state index in [0.29, 0.717) is 70.1 Å². The molecule has 5 amide bonds. The van der Waals surface area contributed by atoms with Crippen LogP contribution in [0.15, 0.2) is 72.8 Å². The van der Waals surface area contributed by atoms with Crippen LogP contribution in [0.25, 0.3) is 0 Å². The maximum absolute atomic E-state index is 12.2. The summed E-state index contributed by atoms with van der Waals surface area (Å²) in [6, 6.07) is 20.9. The van der Waals surface area contributed by atoms with E-state index in [1.807, 2.05) is 12.1 Å². The second-order valence-electron chi connectivity index (χ2n) is 12.9. The number of rotatable bonds is 9. The van der Waals surface area contributed by atoms with E-state index in [9.17, 15) is 28.8 Å². The molecule has 0 unspecified atom stereocenters. The van der Waals surface area contributed by atoms with Crippen LogP contribution in [0.5, 0.6) is 0 Å². The van der Waals surface area contributed by atoms with Crippen molar-refractivity contribution < 1.29 is 47.7 Å². The molecule has 4 aliphatic heterocycles. The number of benzene rings is 2. The van der Waals surface area contributed by atoms with Gasteiger partial charge in [-0.3, -0.25) is 29.0 Å². The number of carbonyl (C=O) groups excluding carboxylic acids is 6. The van der Waals surface area contributed by atoms with E-state index in [1.165, 1.54) is 27.6 Å². The van der Waals surface area contributed by atoms with Crippen molar-refractivity contribution >= 4 is 115 Å². The summed E-state index contributed by atoms with van der Waals surface area (Å²) in [5.41, 5.74) is 8.47. The lowest BCUT2D eigenvalue weighted by Crippen LogP contribution is -2.41. The van der Waals surface area contributed by atoms with E-state index < -0.39 is 17.4 Å². The van der Waals surface area contributed by atoms with Crippen LogP contribution in [0.3, 0.4) is 0 Å². The van der Waals surface area contributed by atoms with E-state index in [0.717, 1.165) is 17.1 Å². The molecule has 2 atom stereocenters. The number of nitrogens with two attached hydrogens (primary N) is 1. The lowest BCUT2D eigenvalue weighted by Gasteiger charge is -2.27. The first kappa shape index (κ1) is 43.8. The standard InChI is InChI=1S/C19H18ClN3O5S.C14H17N3O4.C5H2Cl2OS/c20-16-6-5-15(29-16)18(25)21-9-14-10-23(19(26)28-14)13-3-1-12(2-4-13)22-7-8-27-11-17(22)24;15-7-12-8-17(14(19)21-12)11-3-1-10(2-4-11)16-5-6-20-9-13(16)18;6-4-2-1-3(9-4)5(7)8/h1-6,14H,7-11H2,(H,21,25);1-4,12H,5-9,15H2;1-2H/t14-;12-;/m00./s1. The molecular weight excluding hydrogens is 871 g/mol. The van der Waals surface area contributed by atoms with Gasteiger partial charge in [0.2, 0.25) is 0 Å². The van der Waals surface area contributed by atoms with E-state index in [-0.39, 0.29) is 49.7 Å². The fraction of sp³-hybridized carbons (Fsp3) is 0.316. The minimum Gasteiger partial charge on any atom is -0.443 e. The number of hydrogen-bond acceptors (Lipinski definition) is 13. The predicted octanol–water partition coefficient (Wildman–Crippen LogP) is 5.63. The number of nitrogens with zero attached hydrogens (tertiary/aromatic N) is 4. The molecule has 2 aromatic heterocycles. The largest absolute Gasteiger partial charge is 0.443 e. The van der Waals surface area contributed by atoms with Gasteiger partial charge in [0.25, 0.3) is 23.0 Å². The summed E-state index contributed by atoms with van der Waals surface area (Å²) in [4.78, 5) is 77.6. The molecule has 16 nitrogen and oxygen atoms in total. The Balaban J connectivity index is 0.000000169. The zero-order valence-corrected chi connectivity index (χ0v) is 35.0. The minimum absolute atomic E-state index is 0.0576. The number of halogens is 3. The van der Waals surface area contributed by atoms with Crippen LogP contribution < -0.4 is 30.7 Å². The average molecular weight is 908 g/mol. The molecule has 0 saturated carbocycles. The van der Waals surface area contributed by atoms with Crippen LogP contribution in [-0.4, -0.2) is 113 Å². The SMILES string of the molecule is NC[C@H]1CN(c2ccc(N3CCOCC3=O)cc2)C(=O)O1.O=C(Cl)c1ccc(Cl)s1.O=C(NC[C@H]1CN(c2ccc(N3CCOCC3=O)cc2)C(=O)O1)c1ccc(Cl)s1. The van der Waals surface area contributed by atoms with Crippen LogP contribution in [0, 0.1) is 0 Å².